The number of aryl methyl sites for hydroxylation is 1. The van der Waals surface area contributed by atoms with E-state index < -0.39 is 9.84 Å². The van der Waals surface area contributed by atoms with Crippen LogP contribution in [0.15, 0.2) is 24.3 Å². The maximum absolute atomic E-state index is 12.3. The van der Waals surface area contributed by atoms with E-state index in [0.29, 0.717) is 25.9 Å². The fourth-order valence-electron chi connectivity index (χ4n) is 3.03. The Bertz CT molecular complexity index is 643. The summed E-state index contributed by atoms with van der Waals surface area (Å²) in [6.45, 7) is 5.88. The molecular weight excluding hydrogens is 312 g/mol. The third-order valence-corrected chi connectivity index (χ3v) is 6.15. The van der Waals surface area contributed by atoms with Crippen LogP contribution >= 0.6 is 0 Å². The summed E-state index contributed by atoms with van der Waals surface area (Å²) in [4.78, 5) is 14.1. The van der Waals surface area contributed by atoms with Gasteiger partial charge in [-0.05, 0) is 31.4 Å². The lowest BCUT2D eigenvalue weighted by Crippen LogP contribution is -2.41. The summed E-state index contributed by atoms with van der Waals surface area (Å²) >= 11 is 0. The molecule has 1 amide bonds. The molecule has 0 saturated carbocycles. The summed E-state index contributed by atoms with van der Waals surface area (Å²) in [5.41, 5.74) is 2.46. The summed E-state index contributed by atoms with van der Waals surface area (Å²) in [5, 5.41) is 3.29. The number of hydrogen-bond acceptors (Lipinski definition) is 4. The first kappa shape index (κ1) is 17.9. The highest BCUT2D eigenvalue weighted by Crippen LogP contribution is 2.18. The van der Waals surface area contributed by atoms with Crippen molar-refractivity contribution >= 4 is 15.7 Å². The first-order chi connectivity index (χ1) is 10.9. The molecule has 1 N–H and O–H groups in total. The van der Waals surface area contributed by atoms with Crippen molar-refractivity contribution in [1.29, 1.82) is 0 Å². The van der Waals surface area contributed by atoms with Crippen LogP contribution in [-0.2, 0) is 21.2 Å². The van der Waals surface area contributed by atoms with Gasteiger partial charge in [0.1, 0.15) is 0 Å². The molecule has 1 aliphatic rings. The first-order valence-corrected chi connectivity index (χ1v) is 10.00. The molecule has 5 nitrogen and oxygen atoms in total. The highest BCUT2D eigenvalue weighted by atomic mass is 32.2. The van der Waals surface area contributed by atoms with Gasteiger partial charge in [-0.2, -0.15) is 0 Å². The number of sulfone groups is 1. The number of benzene rings is 1. The quantitative estimate of drug-likeness (QED) is 0.765. The summed E-state index contributed by atoms with van der Waals surface area (Å²) in [6.07, 6.45) is 0.967. The van der Waals surface area contributed by atoms with E-state index in [0.717, 1.165) is 6.54 Å². The Hall–Kier alpha value is -1.40. The summed E-state index contributed by atoms with van der Waals surface area (Å²) in [5.74, 6) is 0.350. The van der Waals surface area contributed by atoms with Gasteiger partial charge in [0.25, 0.3) is 0 Å². The molecule has 1 fully saturated rings. The van der Waals surface area contributed by atoms with Crippen LogP contribution in [0.5, 0.6) is 0 Å². The van der Waals surface area contributed by atoms with Gasteiger partial charge < -0.3 is 10.2 Å². The largest absolute Gasteiger partial charge is 0.339 e. The van der Waals surface area contributed by atoms with Crippen molar-refractivity contribution in [3.8, 4) is 0 Å². The van der Waals surface area contributed by atoms with Crippen molar-refractivity contribution in [2.75, 3.05) is 24.6 Å². The molecule has 1 heterocycles. The van der Waals surface area contributed by atoms with Gasteiger partial charge in [0.2, 0.25) is 5.91 Å². The van der Waals surface area contributed by atoms with Crippen LogP contribution in [0.25, 0.3) is 0 Å². The first-order valence-electron chi connectivity index (χ1n) is 8.18. The van der Waals surface area contributed by atoms with Crippen molar-refractivity contribution in [3.63, 3.8) is 0 Å². The molecular formula is C17H26N2O3S. The number of nitrogens with one attached hydrogen (secondary N) is 1. The van der Waals surface area contributed by atoms with Gasteiger partial charge >= 0.3 is 0 Å². The van der Waals surface area contributed by atoms with E-state index in [2.05, 4.69) is 24.4 Å². The Morgan fingerprint density at radius 3 is 2.70 bits per heavy atom. The lowest BCUT2D eigenvalue weighted by atomic mass is 10.1. The number of nitrogens with zero attached hydrogens (tertiary/aromatic N) is 1. The van der Waals surface area contributed by atoms with Crippen molar-refractivity contribution in [1.82, 2.24) is 10.2 Å². The molecule has 6 heteroatoms. The van der Waals surface area contributed by atoms with Gasteiger partial charge in [-0.3, -0.25) is 4.79 Å². The van der Waals surface area contributed by atoms with E-state index in [1.807, 2.05) is 19.1 Å². The highest BCUT2D eigenvalue weighted by molar-refractivity contribution is 7.91. The molecule has 1 aliphatic heterocycles. The number of rotatable bonds is 7. The van der Waals surface area contributed by atoms with Crippen LogP contribution in [0, 0.1) is 6.92 Å². The Morgan fingerprint density at radius 2 is 2.09 bits per heavy atom. The molecule has 1 aromatic rings. The summed E-state index contributed by atoms with van der Waals surface area (Å²) in [6, 6.07) is 8.02. The zero-order valence-corrected chi connectivity index (χ0v) is 14.7. The number of carbonyl (C=O) groups is 1. The molecule has 0 spiro atoms. The minimum atomic E-state index is -2.96. The third kappa shape index (κ3) is 5.04. The molecule has 0 bridgehead atoms. The van der Waals surface area contributed by atoms with Gasteiger partial charge in [0.05, 0.1) is 11.5 Å². The topological polar surface area (TPSA) is 66.5 Å². The average molecular weight is 338 g/mol. The zero-order chi connectivity index (χ0) is 16.9. The lowest BCUT2D eigenvalue weighted by Gasteiger charge is -2.27. The summed E-state index contributed by atoms with van der Waals surface area (Å²) < 4.78 is 23.2. The van der Waals surface area contributed by atoms with Crippen molar-refractivity contribution in [2.45, 2.75) is 39.3 Å². The predicted molar refractivity (Wildman–Crippen MR) is 91.9 cm³/mol. The molecule has 23 heavy (non-hydrogen) atoms. The molecule has 0 radical (unpaired) electrons. The van der Waals surface area contributed by atoms with Crippen molar-refractivity contribution in [2.24, 2.45) is 0 Å². The Kier molecular flexibility index (Phi) is 6.18. The van der Waals surface area contributed by atoms with E-state index in [-0.39, 0.29) is 23.5 Å². The molecule has 1 atom stereocenters. The van der Waals surface area contributed by atoms with Crippen molar-refractivity contribution < 1.29 is 13.2 Å². The number of hydrogen-bond donors (Lipinski definition) is 1. The standard InChI is InChI=1S/C17H26N2O3S/c1-3-19(16-9-11-23(21,22)13-16)17(20)8-10-18-12-15-7-5-4-6-14(15)2/h4-7,16,18H,3,8-13H2,1-2H3. The van der Waals surface area contributed by atoms with Crippen LogP contribution < -0.4 is 5.32 Å². The average Bonchev–Trinajstić information content (AvgIpc) is 2.86. The Labute approximate surface area is 139 Å². The molecule has 128 valence electrons. The molecule has 0 aromatic heterocycles. The van der Waals surface area contributed by atoms with E-state index in [4.69, 9.17) is 0 Å². The molecule has 1 aromatic carbocycles. The van der Waals surface area contributed by atoms with Crippen LogP contribution in [0.4, 0.5) is 0 Å². The normalized spacial score (nSPS) is 19.7. The second-order valence-corrected chi connectivity index (χ2v) is 8.32. The van der Waals surface area contributed by atoms with Gasteiger partial charge in [-0.1, -0.05) is 24.3 Å². The number of amides is 1. The van der Waals surface area contributed by atoms with Gasteiger partial charge in [-0.25, -0.2) is 8.42 Å². The molecule has 1 unspecified atom stereocenters. The van der Waals surface area contributed by atoms with Crippen LogP contribution in [0.2, 0.25) is 0 Å². The smallest absolute Gasteiger partial charge is 0.224 e. The van der Waals surface area contributed by atoms with E-state index in [1.165, 1.54) is 11.1 Å². The second-order valence-electron chi connectivity index (χ2n) is 6.09. The fourth-order valence-corrected chi connectivity index (χ4v) is 4.76. The zero-order valence-electron chi connectivity index (χ0n) is 13.9. The summed E-state index contributed by atoms with van der Waals surface area (Å²) in [7, 11) is -2.96. The minimum absolute atomic E-state index is 0.0342. The lowest BCUT2D eigenvalue weighted by molar-refractivity contribution is -0.132. The molecule has 0 aliphatic carbocycles. The maximum atomic E-state index is 12.3. The van der Waals surface area contributed by atoms with Crippen LogP contribution in [0.1, 0.15) is 30.9 Å². The van der Waals surface area contributed by atoms with Gasteiger partial charge in [0.15, 0.2) is 9.84 Å². The Balaban J connectivity index is 1.78. The van der Waals surface area contributed by atoms with Crippen molar-refractivity contribution in [3.05, 3.63) is 35.4 Å². The van der Waals surface area contributed by atoms with E-state index in [9.17, 15) is 13.2 Å². The fraction of sp³-hybridized carbons (Fsp3) is 0.588. The SMILES string of the molecule is CCN(C(=O)CCNCc1ccccc1C)C1CCS(=O)(=O)C1. The Morgan fingerprint density at radius 1 is 1.35 bits per heavy atom. The van der Waals surface area contributed by atoms with Crippen LogP contribution in [-0.4, -0.2) is 49.9 Å². The second kappa shape index (κ2) is 7.93. The monoisotopic (exact) mass is 338 g/mol. The predicted octanol–water partition coefficient (Wildman–Crippen LogP) is 1.51. The molecule has 2 rings (SSSR count). The minimum Gasteiger partial charge on any atom is -0.339 e. The third-order valence-electron chi connectivity index (χ3n) is 4.40. The molecule has 1 saturated heterocycles. The van der Waals surface area contributed by atoms with Gasteiger partial charge in [0, 0.05) is 32.1 Å². The number of carbonyl (C=O) groups excluding carboxylic acids is 1. The highest BCUT2D eigenvalue weighted by Gasteiger charge is 2.33. The van der Waals surface area contributed by atoms with Crippen LogP contribution in [0.3, 0.4) is 0 Å². The van der Waals surface area contributed by atoms with Gasteiger partial charge in [-0.15, -0.1) is 0 Å². The maximum Gasteiger partial charge on any atom is 0.224 e. The van der Waals surface area contributed by atoms with E-state index in [1.54, 1.807) is 4.90 Å². The van der Waals surface area contributed by atoms with E-state index >= 15 is 0 Å².